The van der Waals surface area contributed by atoms with Crippen LogP contribution in [0.25, 0.3) is 21.1 Å². The molecule has 40 heavy (non-hydrogen) atoms. The molecule has 0 aliphatic carbocycles. The first-order valence-corrected chi connectivity index (χ1v) is 14.2. The van der Waals surface area contributed by atoms with Gasteiger partial charge in [0.1, 0.15) is 28.7 Å². The van der Waals surface area contributed by atoms with Crippen molar-refractivity contribution in [1.82, 2.24) is 19.4 Å². The third kappa shape index (κ3) is 5.57. The molecule has 2 aliphatic rings. The summed E-state index contributed by atoms with van der Waals surface area (Å²) in [5.41, 5.74) is 3.58. The van der Waals surface area contributed by atoms with E-state index in [0.29, 0.717) is 46.4 Å². The molecule has 2 aliphatic heterocycles. The minimum Gasteiger partial charge on any atom is -0.367 e. The summed E-state index contributed by atoms with van der Waals surface area (Å²) < 4.78 is 40.6. The highest BCUT2D eigenvalue weighted by molar-refractivity contribution is 7.18. The van der Waals surface area contributed by atoms with E-state index in [0.717, 1.165) is 59.3 Å². The zero-order valence-corrected chi connectivity index (χ0v) is 23.0. The molecule has 0 radical (unpaired) electrons. The van der Waals surface area contributed by atoms with Crippen LogP contribution < -0.4 is 5.32 Å². The van der Waals surface area contributed by atoms with Crippen LogP contribution in [0.1, 0.15) is 29.0 Å². The number of aromatic nitrogens is 3. The van der Waals surface area contributed by atoms with Crippen LogP contribution in [0, 0.1) is 11.3 Å². The summed E-state index contributed by atoms with van der Waals surface area (Å²) in [6.07, 6.45) is 1.80. The largest absolute Gasteiger partial charge is 0.393 e. The number of hydrogen-bond acceptors (Lipinski definition) is 7. The molecule has 0 atom stereocenters. The van der Waals surface area contributed by atoms with Crippen LogP contribution in [0.5, 0.6) is 0 Å². The summed E-state index contributed by atoms with van der Waals surface area (Å²) in [7, 11) is 0. The van der Waals surface area contributed by atoms with Gasteiger partial charge in [0.2, 0.25) is 0 Å². The van der Waals surface area contributed by atoms with Gasteiger partial charge in [0.15, 0.2) is 0 Å². The van der Waals surface area contributed by atoms with Gasteiger partial charge >= 0.3 is 6.18 Å². The van der Waals surface area contributed by atoms with E-state index in [1.165, 1.54) is 6.33 Å². The Morgan fingerprint density at radius 3 is 2.67 bits per heavy atom. The van der Waals surface area contributed by atoms with E-state index in [2.05, 4.69) is 37.3 Å². The maximum Gasteiger partial charge on any atom is 0.393 e. The molecule has 6 rings (SSSR count). The SMILES string of the molecule is N#Cc1cc2c(Cl)c(CN3CCC(Nc4ncnc5sc(CC(F)(F)F)cc45)CC3)ccc2n1CC1=CCN=C1. The lowest BCUT2D eigenvalue weighted by Gasteiger charge is -2.33. The van der Waals surface area contributed by atoms with E-state index in [1.807, 2.05) is 29.0 Å². The van der Waals surface area contributed by atoms with Crippen molar-refractivity contribution in [3.8, 4) is 6.07 Å². The van der Waals surface area contributed by atoms with Gasteiger partial charge in [0.25, 0.3) is 0 Å². The van der Waals surface area contributed by atoms with E-state index in [4.69, 9.17) is 11.6 Å². The van der Waals surface area contributed by atoms with Crippen LogP contribution in [0.15, 0.2) is 47.2 Å². The Labute approximate surface area is 237 Å². The third-order valence-corrected chi connectivity index (χ3v) is 8.84. The highest BCUT2D eigenvalue weighted by Crippen LogP contribution is 2.34. The summed E-state index contributed by atoms with van der Waals surface area (Å²) >= 11 is 7.92. The van der Waals surface area contributed by atoms with Crippen molar-refractivity contribution < 1.29 is 13.2 Å². The molecule has 5 heterocycles. The number of hydrogen-bond donors (Lipinski definition) is 1. The smallest absolute Gasteiger partial charge is 0.367 e. The molecule has 0 spiro atoms. The molecule has 0 bridgehead atoms. The maximum atomic E-state index is 12.9. The van der Waals surface area contributed by atoms with E-state index in [9.17, 15) is 18.4 Å². The van der Waals surface area contributed by atoms with Gasteiger partial charge in [-0.2, -0.15) is 18.4 Å². The van der Waals surface area contributed by atoms with Gasteiger partial charge in [-0.05, 0) is 42.2 Å². The van der Waals surface area contributed by atoms with Crippen molar-refractivity contribution in [2.75, 3.05) is 25.0 Å². The zero-order valence-electron chi connectivity index (χ0n) is 21.4. The standard InChI is InChI=1S/C28H25ClF3N7S/c29-25-18(1-2-24-22(25)9-20(12-33)39(24)14-17-3-6-34-13-17)15-38-7-4-19(5-8-38)37-26-23-10-21(11-28(30,31)32)40-27(23)36-16-35-26/h1-3,9-10,13,16,19H,4-8,11,14-15H2,(H,35,36,37). The first kappa shape index (κ1) is 26.7. The van der Waals surface area contributed by atoms with Gasteiger partial charge < -0.3 is 9.88 Å². The fourth-order valence-corrected chi connectivity index (χ4v) is 6.69. The number of nitrogens with one attached hydrogen (secondary N) is 1. The third-order valence-electron chi connectivity index (χ3n) is 7.35. The van der Waals surface area contributed by atoms with E-state index < -0.39 is 12.6 Å². The summed E-state index contributed by atoms with van der Waals surface area (Å²) in [6.45, 7) is 3.62. The van der Waals surface area contributed by atoms with Gasteiger partial charge in [-0.3, -0.25) is 9.89 Å². The number of piperidine rings is 1. The topological polar surface area (TPSA) is 82.1 Å². The Kier molecular flexibility index (Phi) is 7.25. The number of halogens is 4. The van der Waals surface area contributed by atoms with E-state index in [1.54, 1.807) is 6.07 Å². The van der Waals surface area contributed by atoms with Crippen molar-refractivity contribution in [2.24, 2.45) is 4.99 Å². The summed E-state index contributed by atoms with van der Waals surface area (Å²) in [5, 5.41) is 15.3. The van der Waals surface area contributed by atoms with Crippen molar-refractivity contribution in [1.29, 1.82) is 5.26 Å². The molecule has 0 unspecified atom stereocenters. The van der Waals surface area contributed by atoms with Gasteiger partial charge in [0.05, 0.1) is 35.4 Å². The average molecular weight is 584 g/mol. The molecule has 1 aromatic carbocycles. The molecule has 1 saturated heterocycles. The predicted octanol–water partition coefficient (Wildman–Crippen LogP) is 6.36. The first-order chi connectivity index (χ1) is 19.3. The number of allylic oxidation sites excluding steroid dienone is 1. The molecule has 7 nitrogen and oxygen atoms in total. The number of nitriles is 1. The number of fused-ring (bicyclic) bond motifs is 2. The van der Waals surface area contributed by atoms with Gasteiger partial charge in [-0.25, -0.2) is 9.97 Å². The predicted molar refractivity (Wildman–Crippen MR) is 152 cm³/mol. The van der Waals surface area contributed by atoms with Crippen LogP contribution in [-0.2, 0) is 19.5 Å². The van der Waals surface area contributed by atoms with Crippen LogP contribution >= 0.6 is 22.9 Å². The fourth-order valence-electron chi connectivity index (χ4n) is 5.39. The first-order valence-electron chi connectivity index (χ1n) is 13.0. The number of nitrogens with zero attached hydrogens (tertiary/aromatic N) is 6. The van der Waals surface area contributed by atoms with Gasteiger partial charge in [0, 0.05) is 42.2 Å². The van der Waals surface area contributed by atoms with Crippen molar-refractivity contribution in [3.63, 3.8) is 0 Å². The number of likely N-dealkylation sites (tertiary alicyclic amines) is 1. The lowest BCUT2D eigenvalue weighted by Crippen LogP contribution is -2.38. The molecule has 0 amide bonds. The van der Waals surface area contributed by atoms with Crippen LogP contribution in [-0.4, -0.2) is 57.5 Å². The van der Waals surface area contributed by atoms with Gasteiger partial charge in [-0.15, -0.1) is 11.3 Å². The number of aliphatic imine (C=N–C) groups is 1. The van der Waals surface area contributed by atoms with Crippen molar-refractivity contribution in [3.05, 3.63) is 63.4 Å². The molecule has 12 heteroatoms. The van der Waals surface area contributed by atoms with Crippen molar-refractivity contribution in [2.45, 2.75) is 44.6 Å². The maximum absolute atomic E-state index is 12.9. The lowest BCUT2D eigenvalue weighted by molar-refractivity contribution is -0.126. The summed E-state index contributed by atoms with van der Waals surface area (Å²) in [6, 6.07) is 9.92. The molecule has 4 aromatic rings. The molecule has 1 fully saturated rings. The van der Waals surface area contributed by atoms with E-state index in [-0.39, 0.29) is 10.9 Å². The highest BCUT2D eigenvalue weighted by Gasteiger charge is 2.29. The second-order valence-corrected chi connectivity index (χ2v) is 11.6. The van der Waals surface area contributed by atoms with Crippen LogP contribution in [0.3, 0.4) is 0 Å². The number of rotatable bonds is 7. The Hall–Kier alpha value is -3.46. The molecular formula is C28H25ClF3N7S. The van der Waals surface area contributed by atoms with E-state index >= 15 is 0 Å². The van der Waals surface area contributed by atoms with Crippen LogP contribution in [0.2, 0.25) is 5.02 Å². The Morgan fingerprint density at radius 1 is 1.12 bits per heavy atom. The summed E-state index contributed by atoms with van der Waals surface area (Å²) in [5.74, 6) is 0.582. The van der Waals surface area contributed by atoms with Crippen molar-refractivity contribution >= 4 is 56.1 Å². The van der Waals surface area contributed by atoms with Crippen LogP contribution in [0.4, 0.5) is 19.0 Å². The average Bonchev–Trinajstić information content (AvgIpc) is 3.66. The highest BCUT2D eigenvalue weighted by atomic mass is 35.5. The second-order valence-electron chi connectivity index (χ2n) is 10.1. The minimum atomic E-state index is -4.26. The summed E-state index contributed by atoms with van der Waals surface area (Å²) in [4.78, 5) is 15.9. The minimum absolute atomic E-state index is 0.152. The normalized spacial score (nSPS) is 16.6. The molecule has 206 valence electrons. The number of thiophene rings is 1. The Morgan fingerprint density at radius 2 is 1.95 bits per heavy atom. The molecule has 0 saturated carbocycles. The second kappa shape index (κ2) is 10.8. The fraction of sp³-hybridized carbons (Fsp3) is 0.357. The zero-order chi connectivity index (χ0) is 27.9. The monoisotopic (exact) mass is 583 g/mol. The number of benzene rings is 1. The molecule has 1 N–H and O–H groups in total. The molecular weight excluding hydrogens is 559 g/mol. The number of alkyl halides is 3. The number of anilines is 1. The Balaban J connectivity index is 1.12. The molecule has 3 aromatic heterocycles. The van der Waals surface area contributed by atoms with Gasteiger partial charge in [-0.1, -0.05) is 23.7 Å². The quantitative estimate of drug-likeness (QED) is 0.274. The lowest BCUT2D eigenvalue weighted by atomic mass is 10.0. The Bertz CT molecular complexity index is 1670.